The largest absolute Gasteiger partial charge is 0.454 e. The third-order valence-corrected chi connectivity index (χ3v) is 4.81. The summed E-state index contributed by atoms with van der Waals surface area (Å²) in [5.41, 5.74) is 1.98. The van der Waals surface area contributed by atoms with Crippen LogP contribution in [0.15, 0.2) is 60.7 Å². The highest BCUT2D eigenvalue weighted by atomic mass is 35.5. The summed E-state index contributed by atoms with van der Waals surface area (Å²) in [5, 5.41) is 0. The fourth-order valence-corrected chi connectivity index (χ4v) is 3.40. The first-order chi connectivity index (χ1) is 11.7. The summed E-state index contributed by atoms with van der Waals surface area (Å²) < 4.78 is 5.95. The molecule has 1 aliphatic heterocycles. The molecule has 1 fully saturated rings. The van der Waals surface area contributed by atoms with Gasteiger partial charge in [0.15, 0.2) is 0 Å². The standard InChI is InChI=1S/C21H25NO2.ClH/c1-2-20(23)24-21(19-11-7-4-8-12-19)13-15-22(16-14-21)17-18-9-5-3-6-10-18;/h3-12H,2,13-17H2,1H3;1H. The fraction of sp³-hybridized carbons (Fsp3) is 0.381. The Bertz CT molecular complexity index is 652. The molecule has 4 heteroatoms. The van der Waals surface area contributed by atoms with E-state index in [0.717, 1.165) is 38.0 Å². The molecule has 0 unspecified atom stereocenters. The number of nitrogens with zero attached hydrogens (tertiary/aromatic N) is 1. The van der Waals surface area contributed by atoms with Crippen LogP contribution < -0.4 is 0 Å². The Hall–Kier alpha value is -1.84. The van der Waals surface area contributed by atoms with Gasteiger partial charge >= 0.3 is 5.97 Å². The van der Waals surface area contributed by atoms with Crippen LogP contribution >= 0.6 is 12.4 Å². The van der Waals surface area contributed by atoms with Gasteiger partial charge in [0.2, 0.25) is 0 Å². The maximum atomic E-state index is 12.0. The van der Waals surface area contributed by atoms with Gasteiger partial charge in [0.25, 0.3) is 0 Å². The first-order valence-electron chi connectivity index (χ1n) is 8.75. The molecule has 0 spiro atoms. The molecule has 2 aromatic rings. The first kappa shape index (κ1) is 19.5. The molecule has 0 saturated carbocycles. The predicted octanol–water partition coefficient (Wildman–Crippen LogP) is 4.55. The van der Waals surface area contributed by atoms with Crippen LogP contribution in [-0.2, 0) is 21.7 Å². The average Bonchev–Trinajstić information content (AvgIpc) is 2.65. The Balaban J connectivity index is 0.00000225. The summed E-state index contributed by atoms with van der Waals surface area (Å²) in [5.74, 6) is -0.115. The number of hydrogen-bond donors (Lipinski definition) is 0. The number of ether oxygens (including phenoxy) is 1. The smallest absolute Gasteiger partial charge is 0.306 e. The second-order valence-electron chi connectivity index (χ2n) is 6.45. The second kappa shape index (κ2) is 9.02. The van der Waals surface area contributed by atoms with Crippen LogP contribution in [0.2, 0.25) is 0 Å². The van der Waals surface area contributed by atoms with E-state index in [1.807, 2.05) is 31.2 Å². The third-order valence-electron chi connectivity index (χ3n) is 4.81. The topological polar surface area (TPSA) is 29.5 Å². The summed E-state index contributed by atoms with van der Waals surface area (Å²) in [6.45, 7) is 4.67. The van der Waals surface area contributed by atoms with E-state index in [1.54, 1.807) is 0 Å². The van der Waals surface area contributed by atoms with Crippen molar-refractivity contribution in [3.8, 4) is 0 Å². The third kappa shape index (κ3) is 4.83. The van der Waals surface area contributed by atoms with Crippen molar-refractivity contribution in [1.82, 2.24) is 4.90 Å². The molecule has 1 heterocycles. The van der Waals surface area contributed by atoms with Gasteiger partial charge in [-0.3, -0.25) is 9.69 Å². The van der Waals surface area contributed by atoms with Gasteiger partial charge in [-0.1, -0.05) is 67.6 Å². The Kier molecular flexibility index (Phi) is 7.03. The Morgan fingerprint density at radius 3 is 2.12 bits per heavy atom. The molecule has 0 atom stereocenters. The Labute approximate surface area is 156 Å². The van der Waals surface area contributed by atoms with Crippen molar-refractivity contribution in [2.24, 2.45) is 0 Å². The zero-order valence-electron chi connectivity index (χ0n) is 14.7. The molecule has 3 nitrogen and oxygen atoms in total. The highest BCUT2D eigenvalue weighted by molar-refractivity contribution is 5.85. The molecule has 0 aromatic heterocycles. The molecule has 1 saturated heterocycles. The number of hydrogen-bond acceptors (Lipinski definition) is 3. The number of rotatable bonds is 5. The molecule has 0 bridgehead atoms. The van der Waals surface area contributed by atoms with Gasteiger partial charge in [-0.15, -0.1) is 12.4 Å². The average molecular weight is 360 g/mol. The summed E-state index contributed by atoms with van der Waals surface area (Å²) in [6.07, 6.45) is 2.10. The van der Waals surface area contributed by atoms with Crippen LogP contribution in [0.25, 0.3) is 0 Å². The monoisotopic (exact) mass is 359 g/mol. The number of carbonyl (C=O) groups excluding carboxylic acids is 1. The van der Waals surface area contributed by atoms with E-state index in [-0.39, 0.29) is 18.4 Å². The van der Waals surface area contributed by atoms with Gasteiger partial charge in [-0.05, 0) is 11.1 Å². The maximum absolute atomic E-state index is 12.0. The molecular formula is C21H26ClNO2. The fourth-order valence-electron chi connectivity index (χ4n) is 3.40. The minimum absolute atomic E-state index is 0. The highest BCUT2D eigenvalue weighted by Crippen LogP contribution is 2.37. The quantitative estimate of drug-likeness (QED) is 0.733. The zero-order chi connectivity index (χ0) is 16.8. The van der Waals surface area contributed by atoms with Gasteiger partial charge in [-0.2, -0.15) is 0 Å². The molecule has 0 aliphatic carbocycles. The minimum Gasteiger partial charge on any atom is -0.454 e. The van der Waals surface area contributed by atoms with Crippen molar-refractivity contribution >= 4 is 18.4 Å². The molecule has 25 heavy (non-hydrogen) atoms. The van der Waals surface area contributed by atoms with E-state index in [9.17, 15) is 4.79 Å². The van der Waals surface area contributed by atoms with Crippen molar-refractivity contribution < 1.29 is 9.53 Å². The number of likely N-dealkylation sites (tertiary alicyclic amines) is 1. The molecule has 0 amide bonds. The van der Waals surface area contributed by atoms with E-state index >= 15 is 0 Å². The van der Waals surface area contributed by atoms with E-state index in [0.29, 0.717) is 6.42 Å². The van der Waals surface area contributed by atoms with E-state index in [1.165, 1.54) is 5.56 Å². The molecule has 1 aliphatic rings. The lowest BCUT2D eigenvalue weighted by atomic mass is 9.84. The minimum atomic E-state index is -0.471. The Morgan fingerprint density at radius 1 is 1.00 bits per heavy atom. The number of esters is 1. The lowest BCUT2D eigenvalue weighted by molar-refractivity contribution is -0.166. The summed E-state index contributed by atoms with van der Waals surface area (Å²) >= 11 is 0. The van der Waals surface area contributed by atoms with Gasteiger partial charge in [0, 0.05) is 38.9 Å². The molecule has 0 N–H and O–H groups in total. The van der Waals surface area contributed by atoms with Crippen LogP contribution in [0.1, 0.15) is 37.3 Å². The van der Waals surface area contributed by atoms with Crippen molar-refractivity contribution in [1.29, 1.82) is 0 Å². The summed E-state index contributed by atoms with van der Waals surface area (Å²) in [7, 11) is 0. The van der Waals surface area contributed by atoms with Crippen molar-refractivity contribution in [2.75, 3.05) is 13.1 Å². The molecule has 3 rings (SSSR count). The SMILES string of the molecule is CCC(=O)OC1(c2ccccc2)CCN(Cc2ccccc2)CC1.Cl. The van der Waals surface area contributed by atoms with Gasteiger partial charge < -0.3 is 4.74 Å². The normalized spacial score (nSPS) is 16.7. The Morgan fingerprint density at radius 2 is 1.56 bits per heavy atom. The number of halogens is 1. The van der Waals surface area contributed by atoms with Crippen molar-refractivity contribution in [2.45, 2.75) is 38.3 Å². The van der Waals surface area contributed by atoms with Crippen LogP contribution in [0, 0.1) is 0 Å². The highest BCUT2D eigenvalue weighted by Gasteiger charge is 2.39. The van der Waals surface area contributed by atoms with Crippen LogP contribution in [0.5, 0.6) is 0 Å². The zero-order valence-corrected chi connectivity index (χ0v) is 15.5. The van der Waals surface area contributed by atoms with Crippen LogP contribution in [-0.4, -0.2) is 24.0 Å². The first-order valence-corrected chi connectivity index (χ1v) is 8.75. The molecule has 2 aromatic carbocycles. The van der Waals surface area contributed by atoms with Crippen molar-refractivity contribution in [3.63, 3.8) is 0 Å². The van der Waals surface area contributed by atoms with Gasteiger partial charge in [0.05, 0.1) is 0 Å². The second-order valence-corrected chi connectivity index (χ2v) is 6.45. The number of benzene rings is 2. The van der Waals surface area contributed by atoms with Crippen LogP contribution in [0.4, 0.5) is 0 Å². The van der Waals surface area contributed by atoms with Crippen molar-refractivity contribution in [3.05, 3.63) is 71.8 Å². The lowest BCUT2D eigenvalue weighted by Gasteiger charge is -2.41. The molecular weight excluding hydrogens is 334 g/mol. The molecule has 134 valence electrons. The number of carbonyl (C=O) groups is 1. The van der Waals surface area contributed by atoms with Gasteiger partial charge in [0.1, 0.15) is 5.60 Å². The van der Waals surface area contributed by atoms with Gasteiger partial charge in [-0.25, -0.2) is 0 Å². The van der Waals surface area contributed by atoms with E-state index in [4.69, 9.17) is 4.74 Å². The van der Waals surface area contributed by atoms with E-state index < -0.39 is 5.60 Å². The number of piperidine rings is 1. The summed E-state index contributed by atoms with van der Waals surface area (Å²) in [6, 6.07) is 20.7. The van der Waals surface area contributed by atoms with Crippen LogP contribution in [0.3, 0.4) is 0 Å². The lowest BCUT2D eigenvalue weighted by Crippen LogP contribution is -2.44. The maximum Gasteiger partial charge on any atom is 0.306 e. The summed E-state index contributed by atoms with van der Waals surface area (Å²) in [4.78, 5) is 14.4. The predicted molar refractivity (Wildman–Crippen MR) is 103 cm³/mol. The molecule has 0 radical (unpaired) electrons. The van der Waals surface area contributed by atoms with E-state index in [2.05, 4.69) is 41.3 Å².